The van der Waals surface area contributed by atoms with E-state index in [-0.39, 0.29) is 24.0 Å². The number of aryl methyl sites for hydroxylation is 1. The van der Waals surface area contributed by atoms with Crippen molar-refractivity contribution < 1.29 is 14.9 Å². The molecule has 0 radical (unpaired) electrons. The highest BCUT2D eigenvalue weighted by molar-refractivity contribution is 5.97. The summed E-state index contributed by atoms with van der Waals surface area (Å²) in [5.74, 6) is 0.279. The van der Waals surface area contributed by atoms with Crippen molar-refractivity contribution in [1.82, 2.24) is 10.2 Å². The molecular formula is C18H28N3O2+. The third-order valence-corrected chi connectivity index (χ3v) is 4.50. The fourth-order valence-corrected chi connectivity index (χ4v) is 3.01. The van der Waals surface area contributed by atoms with Crippen LogP contribution in [0.1, 0.15) is 44.9 Å². The van der Waals surface area contributed by atoms with E-state index in [0.717, 1.165) is 6.42 Å². The Bertz CT molecular complexity index is 554. The Morgan fingerprint density at radius 1 is 1.26 bits per heavy atom. The van der Waals surface area contributed by atoms with Crippen LogP contribution in [0.25, 0.3) is 0 Å². The summed E-state index contributed by atoms with van der Waals surface area (Å²) in [6, 6.07) is 8.25. The zero-order chi connectivity index (χ0) is 17.0. The first-order valence-corrected chi connectivity index (χ1v) is 8.47. The molecule has 1 heterocycles. The Hall–Kier alpha value is -1.88. The number of nitrogens with zero attached hydrogens (tertiary/aromatic N) is 1. The number of rotatable bonds is 6. The molecule has 0 bridgehead atoms. The molecule has 1 fully saturated rings. The van der Waals surface area contributed by atoms with Crippen molar-refractivity contribution in [2.45, 2.75) is 46.2 Å². The monoisotopic (exact) mass is 318 g/mol. The van der Waals surface area contributed by atoms with E-state index in [1.54, 1.807) is 0 Å². The Labute approximate surface area is 138 Å². The van der Waals surface area contributed by atoms with Gasteiger partial charge in [0.1, 0.15) is 6.04 Å². The molecule has 0 unspecified atom stereocenters. The lowest BCUT2D eigenvalue weighted by atomic mass is 9.94. The maximum Gasteiger partial charge on any atom is 0.324 e. The van der Waals surface area contributed by atoms with Gasteiger partial charge in [-0.25, -0.2) is 4.79 Å². The third-order valence-electron chi connectivity index (χ3n) is 4.50. The summed E-state index contributed by atoms with van der Waals surface area (Å²) < 4.78 is 0. The van der Waals surface area contributed by atoms with Gasteiger partial charge in [0.05, 0.1) is 0 Å². The van der Waals surface area contributed by atoms with Crippen LogP contribution in [0.4, 0.5) is 4.79 Å². The van der Waals surface area contributed by atoms with Gasteiger partial charge < -0.3 is 10.6 Å². The first-order valence-electron chi connectivity index (χ1n) is 8.47. The first kappa shape index (κ1) is 17.5. The van der Waals surface area contributed by atoms with Crippen molar-refractivity contribution in [3.63, 3.8) is 0 Å². The Morgan fingerprint density at radius 2 is 1.91 bits per heavy atom. The fourth-order valence-electron chi connectivity index (χ4n) is 3.01. The molecule has 2 atom stereocenters. The highest BCUT2D eigenvalue weighted by Crippen LogP contribution is 2.19. The van der Waals surface area contributed by atoms with Gasteiger partial charge in [0, 0.05) is 24.6 Å². The number of quaternary nitrogens is 1. The lowest BCUT2D eigenvalue weighted by Gasteiger charge is -2.25. The average Bonchev–Trinajstić information content (AvgIpc) is 2.97. The summed E-state index contributed by atoms with van der Waals surface area (Å²) in [6.07, 6.45) is 1.02. The predicted molar refractivity (Wildman–Crippen MR) is 89.9 cm³/mol. The number of imide groups is 1. The number of carbonyl (C=O) groups excluding carboxylic acids is 2. The molecule has 0 saturated carbocycles. The minimum absolute atomic E-state index is 0.115. The summed E-state index contributed by atoms with van der Waals surface area (Å²) in [4.78, 5) is 25.5. The Balaban J connectivity index is 2.08. The number of hydrogen-bond donors (Lipinski definition) is 2. The number of carbonyl (C=O) groups is 2. The zero-order valence-corrected chi connectivity index (χ0v) is 14.5. The highest BCUT2D eigenvalue weighted by Gasteiger charge is 2.33. The molecule has 3 N–H and O–H groups in total. The molecule has 1 aliphatic rings. The van der Waals surface area contributed by atoms with Crippen molar-refractivity contribution in [2.75, 3.05) is 13.1 Å². The normalized spacial score (nSPS) is 17.3. The highest BCUT2D eigenvalue weighted by atomic mass is 16.2. The van der Waals surface area contributed by atoms with E-state index < -0.39 is 0 Å². The van der Waals surface area contributed by atoms with Crippen LogP contribution in [0.5, 0.6) is 0 Å². The lowest BCUT2D eigenvalue weighted by Crippen LogP contribution is -2.93. The van der Waals surface area contributed by atoms with Gasteiger partial charge in [-0.3, -0.25) is 9.69 Å². The molecule has 5 nitrogen and oxygen atoms in total. The minimum atomic E-state index is -0.280. The molecule has 126 valence electrons. The second-order valence-electron chi connectivity index (χ2n) is 6.57. The van der Waals surface area contributed by atoms with E-state index in [1.807, 2.05) is 6.92 Å². The zero-order valence-electron chi connectivity index (χ0n) is 14.5. The van der Waals surface area contributed by atoms with Crippen LogP contribution in [0, 0.1) is 5.92 Å². The van der Waals surface area contributed by atoms with Gasteiger partial charge >= 0.3 is 6.03 Å². The number of nitrogens with one attached hydrogen (secondary N) is 1. The van der Waals surface area contributed by atoms with Crippen molar-refractivity contribution >= 4 is 11.9 Å². The summed E-state index contributed by atoms with van der Waals surface area (Å²) in [5, 5.41) is 4.76. The smallest absolute Gasteiger partial charge is 0.324 e. The number of nitrogens with two attached hydrogens (primary N) is 1. The largest absolute Gasteiger partial charge is 0.336 e. The first-order chi connectivity index (χ1) is 10.9. The summed E-state index contributed by atoms with van der Waals surface area (Å²) in [6.45, 7) is 9.35. The van der Waals surface area contributed by atoms with Crippen LogP contribution >= 0.6 is 0 Å². The van der Waals surface area contributed by atoms with Gasteiger partial charge in [0.15, 0.2) is 6.04 Å². The van der Waals surface area contributed by atoms with Gasteiger partial charge in [0.2, 0.25) is 0 Å². The van der Waals surface area contributed by atoms with Gasteiger partial charge in [-0.1, -0.05) is 45.0 Å². The summed E-state index contributed by atoms with van der Waals surface area (Å²) in [7, 11) is 0. The minimum Gasteiger partial charge on any atom is -0.336 e. The van der Waals surface area contributed by atoms with E-state index in [2.05, 4.69) is 55.7 Å². The van der Waals surface area contributed by atoms with Gasteiger partial charge in [0.25, 0.3) is 5.91 Å². The average molecular weight is 318 g/mol. The standard InChI is InChI=1S/C18H27N3O2/c1-5-14-6-8-15(9-7-14)16(12(2)3)20-13(4)17(22)21-11-10-19-18(21)23/h6-9,12-13,16,20H,5,10-11H2,1-4H3,(H,19,23)/p+1/t13-,16+/m1/s1. The van der Waals surface area contributed by atoms with Gasteiger partial charge in [-0.2, -0.15) is 0 Å². The van der Waals surface area contributed by atoms with Crippen LogP contribution in [0.15, 0.2) is 24.3 Å². The van der Waals surface area contributed by atoms with E-state index in [0.29, 0.717) is 19.0 Å². The predicted octanol–water partition coefficient (Wildman–Crippen LogP) is 1.45. The molecule has 1 aromatic rings. The van der Waals surface area contributed by atoms with Crippen LogP contribution in [0.3, 0.4) is 0 Å². The number of amides is 3. The number of hydrogen-bond acceptors (Lipinski definition) is 2. The molecule has 0 aromatic heterocycles. The van der Waals surface area contributed by atoms with Crippen molar-refractivity contribution in [3.05, 3.63) is 35.4 Å². The molecule has 1 saturated heterocycles. The molecule has 2 rings (SSSR count). The molecule has 1 aliphatic heterocycles. The molecule has 0 aliphatic carbocycles. The molecule has 23 heavy (non-hydrogen) atoms. The van der Waals surface area contributed by atoms with Crippen molar-refractivity contribution in [1.29, 1.82) is 0 Å². The molecule has 1 aromatic carbocycles. The SMILES string of the molecule is CCc1ccc([C@@H]([NH2+][C@H](C)C(=O)N2CCNC2=O)C(C)C)cc1. The maximum absolute atomic E-state index is 12.5. The van der Waals surface area contributed by atoms with Gasteiger partial charge in [-0.05, 0) is 18.9 Å². The van der Waals surface area contributed by atoms with E-state index in [1.165, 1.54) is 16.0 Å². The van der Waals surface area contributed by atoms with Crippen LogP contribution in [-0.4, -0.2) is 36.0 Å². The molecular weight excluding hydrogens is 290 g/mol. The summed E-state index contributed by atoms with van der Waals surface area (Å²) >= 11 is 0. The van der Waals surface area contributed by atoms with E-state index in [4.69, 9.17) is 0 Å². The molecule has 5 heteroatoms. The lowest BCUT2D eigenvalue weighted by molar-refractivity contribution is -0.719. The molecule has 0 spiro atoms. The second kappa shape index (κ2) is 7.59. The number of urea groups is 1. The van der Waals surface area contributed by atoms with Crippen LogP contribution < -0.4 is 10.6 Å². The third kappa shape index (κ3) is 4.10. The van der Waals surface area contributed by atoms with Crippen LogP contribution in [-0.2, 0) is 11.2 Å². The van der Waals surface area contributed by atoms with E-state index >= 15 is 0 Å². The maximum atomic E-state index is 12.5. The quantitative estimate of drug-likeness (QED) is 0.834. The second-order valence-corrected chi connectivity index (χ2v) is 6.57. The van der Waals surface area contributed by atoms with E-state index in [9.17, 15) is 9.59 Å². The van der Waals surface area contributed by atoms with Gasteiger partial charge in [-0.15, -0.1) is 0 Å². The van der Waals surface area contributed by atoms with Crippen molar-refractivity contribution in [2.24, 2.45) is 5.92 Å². The summed E-state index contributed by atoms with van der Waals surface area (Å²) in [5.41, 5.74) is 2.54. The van der Waals surface area contributed by atoms with Crippen molar-refractivity contribution in [3.8, 4) is 0 Å². The molecule has 3 amide bonds. The number of benzene rings is 1. The fraction of sp³-hybridized carbons (Fsp3) is 0.556. The Kier molecular flexibility index (Phi) is 5.77. The Morgan fingerprint density at radius 3 is 2.39 bits per heavy atom. The topological polar surface area (TPSA) is 66.0 Å². The van der Waals surface area contributed by atoms with Crippen LogP contribution in [0.2, 0.25) is 0 Å².